The number of aryl methyl sites for hydroxylation is 1. The van der Waals surface area contributed by atoms with E-state index in [1.54, 1.807) is 12.4 Å². The molecule has 0 spiro atoms. The Bertz CT molecular complexity index is 270. The number of hydrazine groups is 1. The van der Waals surface area contributed by atoms with Crippen molar-refractivity contribution in [2.75, 3.05) is 0 Å². The van der Waals surface area contributed by atoms with Crippen molar-refractivity contribution in [1.82, 2.24) is 15.4 Å². The minimum Gasteiger partial charge on any atom is -0.271 e. The van der Waals surface area contributed by atoms with E-state index in [0.29, 0.717) is 5.92 Å². The van der Waals surface area contributed by atoms with Crippen molar-refractivity contribution in [2.24, 2.45) is 11.8 Å². The first kappa shape index (κ1) is 11.1. The Kier molecular flexibility index (Phi) is 3.98. The van der Waals surface area contributed by atoms with Crippen LogP contribution in [0.3, 0.4) is 0 Å². The first-order valence-corrected chi connectivity index (χ1v) is 4.93. The van der Waals surface area contributed by atoms with Gasteiger partial charge < -0.3 is 0 Å². The fraction of sp³-hybridized carbons (Fsp3) is 0.600. The molecule has 3 N–H and O–H groups in total. The SMILES string of the molecule is CCC(C)C(NN)c1cnc(C)cn1. The van der Waals surface area contributed by atoms with E-state index in [9.17, 15) is 0 Å². The molecule has 0 saturated heterocycles. The summed E-state index contributed by atoms with van der Waals surface area (Å²) in [5, 5.41) is 0. The standard InChI is InChI=1S/C10H18N4/c1-4-7(2)10(14-11)9-6-12-8(3)5-13-9/h5-7,10,14H,4,11H2,1-3H3. The van der Waals surface area contributed by atoms with Gasteiger partial charge in [-0.2, -0.15) is 0 Å². The molecular formula is C10H18N4. The summed E-state index contributed by atoms with van der Waals surface area (Å²) in [6.07, 6.45) is 4.61. The van der Waals surface area contributed by atoms with Gasteiger partial charge in [0.15, 0.2) is 0 Å². The number of hydrogen-bond acceptors (Lipinski definition) is 4. The van der Waals surface area contributed by atoms with E-state index < -0.39 is 0 Å². The predicted molar refractivity (Wildman–Crippen MR) is 56.3 cm³/mol. The third-order valence-electron chi connectivity index (χ3n) is 2.51. The molecule has 2 unspecified atom stereocenters. The van der Waals surface area contributed by atoms with Gasteiger partial charge in [-0.15, -0.1) is 0 Å². The molecule has 14 heavy (non-hydrogen) atoms. The van der Waals surface area contributed by atoms with E-state index in [0.717, 1.165) is 17.8 Å². The molecule has 4 nitrogen and oxygen atoms in total. The molecular weight excluding hydrogens is 176 g/mol. The van der Waals surface area contributed by atoms with Crippen LogP contribution in [0, 0.1) is 12.8 Å². The maximum Gasteiger partial charge on any atom is 0.0772 e. The second-order valence-electron chi connectivity index (χ2n) is 3.61. The molecule has 1 aromatic heterocycles. The minimum atomic E-state index is 0.0908. The van der Waals surface area contributed by atoms with Crippen LogP contribution >= 0.6 is 0 Å². The predicted octanol–water partition coefficient (Wildman–Crippen LogP) is 1.34. The van der Waals surface area contributed by atoms with E-state index in [1.165, 1.54) is 0 Å². The van der Waals surface area contributed by atoms with Crippen molar-refractivity contribution in [3.8, 4) is 0 Å². The van der Waals surface area contributed by atoms with Crippen LogP contribution < -0.4 is 11.3 Å². The van der Waals surface area contributed by atoms with Crippen molar-refractivity contribution in [3.05, 3.63) is 23.8 Å². The second-order valence-corrected chi connectivity index (χ2v) is 3.61. The van der Waals surface area contributed by atoms with Crippen LogP contribution in [-0.4, -0.2) is 9.97 Å². The molecule has 0 aromatic carbocycles. The van der Waals surface area contributed by atoms with E-state index in [4.69, 9.17) is 5.84 Å². The number of rotatable bonds is 4. The lowest BCUT2D eigenvalue weighted by Crippen LogP contribution is -2.33. The topological polar surface area (TPSA) is 63.8 Å². The molecule has 1 aromatic rings. The fourth-order valence-electron chi connectivity index (χ4n) is 1.34. The molecule has 1 rings (SSSR count). The molecule has 4 heteroatoms. The van der Waals surface area contributed by atoms with E-state index in [2.05, 4.69) is 29.2 Å². The number of nitrogens with zero attached hydrogens (tertiary/aromatic N) is 2. The van der Waals surface area contributed by atoms with Gasteiger partial charge in [-0.1, -0.05) is 20.3 Å². The number of nitrogens with two attached hydrogens (primary N) is 1. The Morgan fingerprint density at radius 1 is 1.43 bits per heavy atom. The largest absolute Gasteiger partial charge is 0.271 e. The third kappa shape index (κ3) is 2.49. The monoisotopic (exact) mass is 194 g/mol. The molecule has 0 aliphatic heterocycles. The zero-order valence-electron chi connectivity index (χ0n) is 8.99. The van der Waals surface area contributed by atoms with Gasteiger partial charge in [0.1, 0.15) is 0 Å². The molecule has 2 atom stereocenters. The Morgan fingerprint density at radius 3 is 2.57 bits per heavy atom. The third-order valence-corrected chi connectivity index (χ3v) is 2.51. The Balaban J connectivity index is 2.84. The first-order chi connectivity index (χ1) is 6.69. The highest BCUT2D eigenvalue weighted by atomic mass is 15.2. The van der Waals surface area contributed by atoms with Gasteiger partial charge in [0.25, 0.3) is 0 Å². The molecule has 0 fully saturated rings. The van der Waals surface area contributed by atoms with Crippen molar-refractivity contribution in [2.45, 2.75) is 33.2 Å². The summed E-state index contributed by atoms with van der Waals surface area (Å²) in [5.74, 6) is 5.96. The molecule has 0 bridgehead atoms. The van der Waals surface area contributed by atoms with Gasteiger partial charge in [0.2, 0.25) is 0 Å². The average molecular weight is 194 g/mol. The van der Waals surface area contributed by atoms with Gasteiger partial charge >= 0.3 is 0 Å². The normalized spacial score (nSPS) is 15.1. The average Bonchev–Trinajstić information content (AvgIpc) is 2.21. The summed E-state index contributed by atoms with van der Waals surface area (Å²) >= 11 is 0. The number of nitrogens with one attached hydrogen (secondary N) is 1. The number of aromatic nitrogens is 2. The van der Waals surface area contributed by atoms with Crippen LogP contribution in [0.4, 0.5) is 0 Å². The molecule has 0 amide bonds. The maximum atomic E-state index is 5.50. The Hall–Kier alpha value is -1.00. The van der Waals surface area contributed by atoms with Gasteiger partial charge in [-0.3, -0.25) is 21.2 Å². The van der Waals surface area contributed by atoms with Gasteiger partial charge in [0.05, 0.1) is 23.6 Å². The van der Waals surface area contributed by atoms with Crippen molar-refractivity contribution in [3.63, 3.8) is 0 Å². The van der Waals surface area contributed by atoms with Gasteiger partial charge in [-0.05, 0) is 12.8 Å². The zero-order chi connectivity index (χ0) is 10.6. The summed E-state index contributed by atoms with van der Waals surface area (Å²) in [5.41, 5.74) is 4.62. The smallest absolute Gasteiger partial charge is 0.0772 e. The highest BCUT2D eigenvalue weighted by molar-refractivity contribution is 5.06. The minimum absolute atomic E-state index is 0.0908. The Labute approximate surface area is 84.9 Å². The van der Waals surface area contributed by atoms with Crippen LogP contribution in [0.2, 0.25) is 0 Å². The highest BCUT2D eigenvalue weighted by Gasteiger charge is 2.17. The quantitative estimate of drug-likeness (QED) is 0.560. The highest BCUT2D eigenvalue weighted by Crippen LogP contribution is 2.20. The van der Waals surface area contributed by atoms with E-state index >= 15 is 0 Å². The first-order valence-electron chi connectivity index (χ1n) is 4.93. The van der Waals surface area contributed by atoms with Crippen molar-refractivity contribution >= 4 is 0 Å². The molecule has 0 aliphatic rings. The van der Waals surface area contributed by atoms with Crippen LogP contribution in [-0.2, 0) is 0 Å². The van der Waals surface area contributed by atoms with Crippen LogP contribution in [0.15, 0.2) is 12.4 Å². The lowest BCUT2D eigenvalue weighted by Gasteiger charge is -2.20. The second kappa shape index (κ2) is 5.02. The fourth-order valence-corrected chi connectivity index (χ4v) is 1.34. The molecule has 1 heterocycles. The summed E-state index contributed by atoms with van der Waals surface area (Å²) < 4.78 is 0. The summed E-state index contributed by atoms with van der Waals surface area (Å²) in [4.78, 5) is 8.52. The molecule has 0 saturated carbocycles. The van der Waals surface area contributed by atoms with Crippen molar-refractivity contribution < 1.29 is 0 Å². The van der Waals surface area contributed by atoms with Gasteiger partial charge in [-0.25, -0.2) is 0 Å². The van der Waals surface area contributed by atoms with Crippen LogP contribution in [0.5, 0.6) is 0 Å². The zero-order valence-corrected chi connectivity index (χ0v) is 8.99. The van der Waals surface area contributed by atoms with Crippen LogP contribution in [0.25, 0.3) is 0 Å². The summed E-state index contributed by atoms with van der Waals surface area (Å²) in [7, 11) is 0. The maximum absolute atomic E-state index is 5.50. The van der Waals surface area contributed by atoms with E-state index in [-0.39, 0.29) is 6.04 Å². The van der Waals surface area contributed by atoms with Gasteiger partial charge in [0, 0.05) is 6.20 Å². The molecule has 0 radical (unpaired) electrons. The molecule has 78 valence electrons. The van der Waals surface area contributed by atoms with E-state index in [1.807, 2.05) is 6.92 Å². The number of hydrogen-bond donors (Lipinski definition) is 2. The van der Waals surface area contributed by atoms with Crippen molar-refractivity contribution in [1.29, 1.82) is 0 Å². The molecule has 0 aliphatic carbocycles. The Morgan fingerprint density at radius 2 is 2.14 bits per heavy atom. The summed E-state index contributed by atoms with van der Waals surface area (Å²) in [6, 6.07) is 0.0908. The van der Waals surface area contributed by atoms with Crippen LogP contribution in [0.1, 0.15) is 37.7 Å². The lowest BCUT2D eigenvalue weighted by atomic mass is 9.97. The summed E-state index contributed by atoms with van der Waals surface area (Å²) in [6.45, 7) is 6.20. The lowest BCUT2D eigenvalue weighted by molar-refractivity contribution is 0.374.